The van der Waals surface area contributed by atoms with Crippen LogP contribution in [0.1, 0.15) is 29.4 Å². The van der Waals surface area contributed by atoms with Crippen LogP contribution in [0.25, 0.3) is 5.65 Å². The van der Waals surface area contributed by atoms with Crippen molar-refractivity contribution < 1.29 is 9.53 Å². The summed E-state index contributed by atoms with van der Waals surface area (Å²) in [6, 6.07) is 3.71. The average Bonchev–Trinajstić information content (AvgIpc) is 2.65. The van der Waals surface area contributed by atoms with Crippen LogP contribution in [0.3, 0.4) is 0 Å². The Kier molecular flexibility index (Phi) is 3.44. The lowest BCUT2D eigenvalue weighted by atomic mass is 10.2. The van der Waals surface area contributed by atoms with Crippen molar-refractivity contribution in [1.29, 1.82) is 0 Å². The van der Waals surface area contributed by atoms with Crippen LogP contribution in [0.2, 0.25) is 0 Å². The number of pyridine rings is 1. The van der Waals surface area contributed by atoms with Gasteiger partial charge in [-0.05, 0) is 32.4 Å². The van der Waals surface area contributed by atoms with E-state index in [1.807, 2.05) is 47.7 Å². The largest absolute Gasteiger partial charge is 0.377 e. The standard InChI is InChI=1S/C15H19N3O2/c1-11-9-17-6-4-13(8-14(17)16-11)15(19)18-5-3-7-20-12(2)10-18/h4,6,8-9,12H,3,5,7,10H2,1-2H3. The summed E-state index contributed by atoms with van der Waals surface area (Å²) in [7, 11) is 0. The first-order chi connectivity index (χ1) is 9.63. The number of carbonyl (C=O) groups excluding carboxylic acids is 1. The minimum absolute atomic E-state index is 0.0607. The van der Waals surface area contributed by atoms with Crippen molar-refractivity contribution in [2.75, 3.05) is 19.7 Å². The highest BCUT2D eigenvalue weighted by Gasteiger charge is 2.21. The lowest BCUT2D eigenvalue weighted by molar-refractivity contribution is 0.0563. The number of amides is 1. The van der Waals surface area contributed by atoms with Crippen LogP contribution in [-0.4, -0.2) is 46.0 Å². The highest BCUT2D eigenvalue weighted by molar-refractivity contribution is 5.95. The topological polar surface area (TPSA) is 46.8 Å². The second-order valence-electron chi connectivity index (χ2n) is 5.35. The second kappa shape index (κ2) is 5.25. The summed E-state index contributed by atoms with van der Waals surface area (Å²) in [5.74, 6) is 0.0607. The molecule has 0 aliphatic carbocycles. The van der Waals surface area contributed by atoms with E-state index < -0.39 is 0 Å². The molecule has 0 N–H and O–H groups in total. The maximum atomic E-state index is 12.6. The molecule has 0 aromatic carbocycles. The molecule has 1 atom stereocenters. The van der Waals surface area contributed by atoms with Gasteiger partial charge in [0, 0.05) is 37.7 Å². The summed E-state index contributed by atoms with van der Waals surface area (Å²) in [6.07, 6.45) is 4.82. The lowest BCUT2D eigenvalue weighted by Crippen LogP contribution is -2.35. The molecule has 3 heterocycles. The molecule has 2 aromatic heterocycles. The number of hydrogen-bond donors (Lipinski definition) is 0. The zero-order valence-corrected chi connectivity index (χ0v) is 11.9. The number of hydrogen-bond acceptors (Lipinski definition) is 3. The van der Waals surface area contributed by atoms with Gasteiger partial charge < -0.3 is 14.0 Å². The van der Waals surface area contributed by atoms with Crippen LogP contribution in [0.5, 0.6) is 0 Å². The van der Waals surface area contributed by atoms with E-state index in [9.17, 15) is 4.79 Å². The molecule has 5 nitrogen and oxygen atoms in total. The molecule has 0 radical (unpaired) electrons. The Morgan fingerprint density at radius 1 is 1.50 bits per heavy atom. The molecule has 0 bridgehead atoms. The van der Waals surface area contributed by atoms with Crippen LogP contribution < -0.4 is 0 Å². The van der Waals surface area contributed by atoms with Gasteiger partial charge in [0.2, 0.25) is 0 Å². The Morgan fingerprint density at radius 3 is 3.20 bits per heavy atom. The van der Waals surface area contributed by atoms with E-state index in [1.54, 1.807) is 0 Å². The maximum Gasteiger partial charge on any atom is 0.254 e. The number of carbonyl (C=O) groups is 1. The Morgan fingerprint density at radius 2 is 2.35 bits per heavy atom. The van der Waals surface area contributed by atoms with Crippen molar-refractivity contribution in [3.05, 3.63) is 35.8 Å². The van der Waals surface area contributed by atoms with Crippen LogP contribution in [0, 0.1) is 6.92 Å². The Labute approximate surface area is 118 Å². The molecule has 1 amide bonds. The molecule has 3 rings (SSSR count). The van der Waals surface area contributed by atoms with E-state index in [0.717, 1.165) is 30.9 Å². The predicted molar refractivity (Wildman–Crippen MR) is 75.9 cm³/mol. The molecule has 2 aromatic rings. The predicted octanol–water partition coefficient (Wildman–Crippen LogP) is 1.89. The summed E-state index contributed by atoms with van der Waals surface area (Å²) in [6.45, 7) is 6.08. The van der Waals surface area contributed by atoms with Crippen molar-refractivity contribution in [2.24, 2.45) is 0 Å². The summed E-state index contributed by atoms with van der Waals surface area (Å²) < 4.78 is 7.51. The van der Waals surface area contributed by atoms with Crippen molar-refractivity contribution in [1.82, 2.24) is 14.3 Å². The number of nitrogens with zero attached hydrogens (tertiary/aromatic N) is 3. The number of ether oxygens (including phenoxy) is 1. The molecule has 20 heavy (non-hydrogen) atoms. The quantitative estimate of drug-likeness (QED) is 0.797. The summed E-state index contributed by atoms with van der Waals surface area (Å²) in [4.78, 5) is 18.9. The van der Waals surface area contributed by atoms with Crippen LogP contribution in [0.4, 0.5) is 0 Å². The molecule has 0 spiro atoms. The van der Waals surface area contributed by atoms with Crippen LogP contribution in [0.15, 0.2) is 24.5 Å². The molecule has 1 aliphatic rings. The second-order valence-corrected chi connectivity index (χ2v) is 5.35. The van der Waals surface area contributed by atoms with Crippen molar-refractivity contribution in [3.63, 3.8) is 0 Å². The number of fused-ring (bicyclic) bond motifs is 1. The molecule has 1 aliphatic heterocycles. The van der Waals surface area contributed by atoms with Gasteiger partial charge >= 0.3 is 0 Å². The molecule has 0 saturated carbocycles. The first kappa shape index (κ1) is 13.1. The van der Waals surface area contributed by atoms with E-state index in [2.05, 4.69) is 4.98 Å². The van der Waals surface area contributed by atoms with Gasteiger partial charge in [0.1, 0.15) is 5.65 Å². The highest BCUT2D eigenvalue weighted by Crippen LogP contribution is 2.13. The zero-order valence-electron chi connectivity index (χ0n) is 11.9. The number of imidazole rings is 1. The van der Waals surface area contributed by atoms with Gasteiger partial charge in [0.15, 0.2) is 0 Å². The van der Waals surface area contributed by atoms with E-state index >= 15 is 0 Å². The van der Waals surface area contributed by atoms with Gasteiger partial charge in [-0.1, -0.05) is 0 Å². The zero-order chi connectivity index (χ0) is 14.1. The lowest BCUT2D eigenvalue weighted by Gasteiger charge is -2.22. The smallest absolute Gasteiger partial charge is 0.254 e. The Bertz CT molecular complexity index is 635. The monoisotopic (exact) mass is 273 g/mol. The molecular weight excluding hydrogens is 254 g/mol. The average molecular weight is 273 g/mol. The third-order valence-corrected chi connectivity index (χ3v) is 3.57. The fraction of sp³-hybridized carbons (Fsp3) is 0.467. The first-order valence-electron chi connectivity index (χ1n) is 7.00. The number of aromatic nitrogens is 2. The third-order valence-electron chi connectivity index (χ3n) is 3.57. The van der Waals surface area contributed by atoms with Gasteiger partial charge in [-0.25, -0.2) is 4.98 Å². The highest BCUT2D eigenvalue weighted by atomic mass is 16.5. The van der Waals surface area contributed by atoms with E-state index in [4.69, 9.17) is 4.74 Å². The Hall–Kier alpha value is -1.88. The fourth-order valence-electron chi connectivity index (χ4n) is 2.60. The summed E-state index contributed by atoms with van der Waals surface area (Å²) >= 11 is 0. The van der Waals surface area contributed by atoms with Gasteiger partial charge in [0.05, 0.1) is 11.8 Å². The van der Waals surface area contributed by atoms with E-state index in [0.29, 0.717) is 12.1 Å². The molecule has 106 valence electrons. The molecule has 1 fully saturated rings. The van der Waals surface area contributed by atoms with Gasteiger partial charge in [-0.15, -0.1) is 0 Å². The minimum atomic E-state index is 0.0607. The number of aryl methyl sites for hydroxylation is 1. The van der Waals surface area contributed by atoms with E-state index in [-0.39, 0.29) is 12.0 Å². The maximum absolute atomic E-state index is 12.6. The summed E-state index contributed by atoms with van der Waals surface area (Å²) in [5, 5.41) is 0. The van der Waals surface area contributed by atoms with Crippen molar-refractivity contribution in [3.8, 4) is 0 Å². The first-order valence-corrected chi connectivity index (χ1v) is 7.00. The molecular formula is C15H19N3O2. The minimum Gasteiger partial charge on any atom is -0.377 e. The third kappa shape index (κ3) is 2.54. The molecule has 1 saturated heterocycles. The van der Waals surface area contributed by atoms with E-state index in [1.165, 1.54) is 0 Å². The van der Waals surface area contributed by atoms with Crippen LogP contribution in [-0.2, 0) is 4.74 Å². The fourth-order valence-corrected chi connectivity index (χ4v) is 2.60. The Balaban J connectivity index is 1.87. The normalized spacial score (nSPS) is 20.1. The van der Waals surface area contributed by atoms with Crippen molar-refractivity contribution in [2.45, 2.75) is 26.4 Å². The SMILES string of the molecule is Cc1cn2ccc(C(=O)N3CCCOC(C)C3)cc2n1. The van der Waals surface area contributed by atoms with Crippen LogP contribution >= 0.6 is 0 Å². The molecule has 5 heteroatoms. The van der Waals surface area contributed by atoms with Gasteiger partial charge in [-0.3, -0.25) is 4.79 Å². The van der Waals surface area contributed by atoms with Crippen molar-refractivity contribution >= 4 is 11.6 Å². The van der Waals surface area contributed by atoms with Gasteiger partial charge in [0.25, 0.3) is 5.91 Å². The summed E-state index contributed by atoms with van der Waals surface area (Å²) in [5.41, 5.74) is 2.45. The molecule has 1 unspecified atom stereocenters. The number of rotatable bonds is 1. The van der Waals surface area contributed by atoms with Gasteiger partial charge in [-0.2, -0.15) is 0 Å².